The second kappa shape index (κ2) is 11.4. The summed E-state index contributed by atoms with van der Waals surface area (Å²) in [6, 6.07) is 5.81. The highest BCUT2D eigenvalue weighted by Crippen LogP contribution is 2.28. The van der Waals surface area contributed by atoms with Crippen LogP contribution in [0.2, 0.25) is 0 Å². The molecule has 1 atom stereocenters. The van der Waals surface area contributed by atoms with E-state index in [1.807, 2.05) is 39.0 Å². The number of piperidine rings is 1. The lowest BCUT2D eigenvalue weighted by Crippen LogP contribution is -2.46. The molecule has 1 unspecified atom stereocenters. The average Bonchev–Trinajstić information content (AvgIpc) is 2.70. The SMILES string of the molecule is CCCS(=O)(=O)N1CCCC(C(=O)NCCc2ccc(OCC)c(OCC)c2)C1. The van der Waals surface area contributed by atoms with Crippen LogP contribution in [0, 0.1) is 5.92 Å². The number of carbonyl (C=O) groups excluding carboxylic acids is 1. The predicted octanol–water partition coefficient (Wildman–Crippen LogP) is 2.59. The molecule has 2 rings (SSSR count). The lowest BCUT2D eigenvalue weighted by molar-refractivity contribution is -0.126. The van der Waals surface area contributed by atoms with Crippen molar-refractivity contribution < 1.29 is 22.7 Å². The third-order valence-electron chi connectivity index (χ3n) is 4.93. The number of hydrogen-bond acceptors (Lipinski definition) is 5. The molecule has 0 spiro atoms. The summed E-state index contributed by atoms with van der Waals surface area (Å²) in [5, 5.41) is 2.96. The van der Waals surface area contributed by atoms with Crippen molar-refractivity contribution >= 4 is 15.9 Å². The average molecular weight is 427 g/mol. The van der Waals surface area contributed by atoms with Gasteiger partial charge in [0, 0.05) is 19.6 Å². The van der Waals surface area contributed by atoms with Gasteiger partial charge in [0.15, 0.2) is 11.5 Å². The standard InChI is InChI=1S/C21H34N2O5S/c1-4-14-29(25,26)23-13-7-8-18(16-23)21(24)22-12-11-17-9-10-19(27-5-2)20(15-17)28-6-3/h9-10,15,18H,4-8,11-14,16H2,1-3H3,(H,22,24). The molecule has 7 nitrogen and oxygen atoms in total. The molecular formula is C21H34N2O5S. The molecule has 1 fully saturated rings. The quantitative estimate of drug-likeness (QED) is 0.588. The van der Waals surface area contributed by atoms with Gasteiger partial charge in [-0.15, -0.1) is 0 Å². The Morgan fingerprint density at radius 3 is 2.59 bits per heavy atom. The number of ether oxygens (including phenoxy) is 2. The maximum absolute atomic E-state index is 12.6. The Hall–Kier alpha value is -1.80. The predicted molar refractivity (Wildman–Crippen MR) is 114 cm³/mol. The number of benzene rings is 1. The van der Waals surface area contributed by atoms with Crippen molar-refractivity contribution in [2.75, 3.05) is 38.6 Å². The maximum atomic E-state index is 12.6. The molecular weight excluding hydrogens is 392 g/mol. The van der Waals surface area contributed by atoms with Gasteiger partial charge in [-0.2, -0.15) is 0 Å². The maximum Gasteiger partial charge on any atom is 0.224 e. The molecule has 1 N–H and O–H groups in total. The monoisotopic (exact) mass is 426 g/mol. The van der Waals surface area contributed by atoms with E-state index >= 15 is 0 Å². The van der Waals surface area contributed by atoms with Crippen LogP contribution in [0.5, 0.6) is 11.5 Å². The van der Waals surface area contributed by atoms with Gasteiger partial charge in [0.1, 0.15) is 0 Å². The molecule has 0 radical (unpaired) electrons. The Bertz CT molecular complexity index is 766. The number of nitrogens with one attached hydrogen (secondary N) is 1. The lowest BCUT2D eigenvalue weighted by Gasteiger charge is -2.31. The zero-order chi connectivity index (χ0) is 21.3. The molecule has 0 aromatic heterocycles. The van der Waals surface area contributed by atoms with Gasteiger partial charge in [-0.3, -0.25) is 4.79 Å². The van der Waals surface area contributed by atoms with E-state index in [9.17, 15) is 13.2 Å². The molecule has 1 aromatic rings. The van der Waals surface area contributed by atoms with Gasteiger partial charge in [-0.25, -0.2) is 12.7 Å². The van der Waals surface area contributed by atoms with Crippen molar-refractivity contribution in [3.05, 3.63) is 23.8 Å². The Balaban J connectivity index is 1.88. The first-order chi connectivity index (χ1) is 13.9. The minimum atomic E-state index is -3.25. The van der Waals surface area contributed by atoms with Crippen molar-refractivity contribution in [1.82, 2.24) is 9.62 Å². The smallest absolute Gasteiger partial charge is 0.224 e. The molecule has 8 heteroatoms. The molecule has 0 bridgehead atoms. The minimum Gasteiger partial charge on any atom is -0.490 e. The number of nitrogens with zero attached hydrogens (tertiary/aromatic N) is 1. The van der Waals surface area contributed by atoms with Gasteiger partial charge in [0.25, 0.3) is 0 Å². The highest BCUT2D eigenvalue weighted by atomic mass is 32.2. The molecule has 29 heavy (non-hydrogen) atoms. The summed E-state index contributed by atoms with van der Waals surface area (Å²) in [5.74, 6) is 1.22. The second-order valence-corrected chi connectivity index (χ2v) is 9.29. The first-order valence-electron chi connectivity index (χ1n) is 10.5. The summed E-state index contributed by atoms with van der Waals surface area (Å²) in [5.41, 5.74) is 1.05. The molecule has 1 saturated heterocycles. The lowest BCUT2D eigenvalue weighted by atomic mass is 9.99. The van der Waals surface area contributed by atoms with Crippen molar-refractivity contribution in [1.29, 1.82) is 0 Å². The van der Waals surface area contributed by atoms with Gasteiger partial charge in [-0.1, -0.05) is 13.0 Å². The van der Waals surface area contributed by atoms with E-state index in [0.29, 0.717) is 44.9 Å². The third-order valence-corrected chi connectivity index (χ3v) is 6.97. The van der Waals surface area contributed by atoms with Crippen LogP contribution in [0.4, 0.5) is 0 Å². The number of rotatable bonds is 11. The van der Waals surface area contributed by atoms with E-state index in [2.05, 4.69) is 5.32 Å². The highest BCUT2D eigenvalue weighted by Gasteiger charge is 2.31. The molecule has 164 valence electrons. The number of sulfonamides is 1. The van der Waals surface area contributed by atoms with E-state index in [-0.39, 0.29) is 24.1 Å². The van der Waals surface area contributed by atoms with Crippen LogP contribution in [0.1, 0.15) is 45.6 Å². The molecule has 1 heterocycles. The van der Waals surface area contributed by atoms with Crippen LogP contribution in [-0.2, 0) is 21.2 Å². The topological polar surface area (TPSA) is 84.9 Å². The molecule has 0 saturated carbocycles. The van der Waals surface area contributed by atoms with Crippen molar-refractivity contribution in [2.24, 2.45) is 5.92 Å². The van der Waals surface area contributed by atoms with Crippen LogP contribution in [0.15, 0.2) is 18.2 Å². The Morgan fingerprint density at radius 1 is 1.17 bits per heavy atom. The van der Waals surface area contributed by atoms with E-state index in [1.54, 1.807) is 0 Å². The molecule has 1 aromatic carbocycles. The molecule has 1 aliphatic rings. The first-order valence-corrected chi connectivity index (χ1v) is 12.2. The largest absolute Gasteiger partial charge is 0.490 e. The van der Waals surface area contributed by atoms with E-state index < -0.39 is 10.0 Å². The number of carbonyl (C=O) groups is 1. The van der Waals surface area contributed by atoms with E-state index in [0.717, 1.165) is 24.2 Å². The summed E-state index contributed by atoms with van der Waals surface area (Å²) in [7, 11) is -3.25. The van der Waals surface area contributed by atoms with Gasteiger partial charge in [0.2, 0.25) is 15.9 Å². The summed E-state index contributed by atoms with van der Waals surface area (Å²) in [6.45, 7) is 8.13. The van der Waals surface area contributed by atoms with Crippen molar-refractivity contribution in [3.63, 3.8) is 0 Å². The zero-order valence-electron chi connectivity index (χ0n) is 17.8. The third kappa shape index (κ3) is 6.89. The summed E-state index contributed by atoms with van der Waals surface area (Å²) in [6.07, 6.45) is 2.70. The Morgan fingerprint density at radius 2 is 1.90 bits per heavy atom. The molecule has 0 aliphatic carbocycles. The fraction of sp³-hybridized carbons (Fsp3) is 0.667. The van der Waals surface area contributed by atoms with Crippen LogP contribution < -0.4 is 14.8 Å². The van der Waals surface area contributed by atoms with Gasteiger partial charge < -0.3 is 14.8 Å². The summed E-state index contributed by atoms with van der Waals surface area (Å²) in [4.78, 5) is 12.6. The fourth-order valence-electron chi connectivity index (χ4n) is 3.52. The second-order valence-electron chi connectivity index (χ2n) is 7.20. The van der Waals surface area contributed by atoms with Gasteiger partial charge in [0.05, 0.1) is 24.9 Å². The van der Waals surface area contributed by atoms with Crippen molar-refractivity contribution in [2.45, 2.75) is 46.5 Å². The minimum absolute atomic E-state index is 0.0719. The fourth-order valence-corrected chi connectivity index (χ4v) is 5.11. The van der Waals surface area contributed by atoms with Crippen molar-refractivity contribution in [3.8, 4) is 11.5 Å². The summed E-state index contributed by atoms with van der Waals surface area (Å²) >= 11 is 0. The van der Waals surface area contributed by atoms with Gasteiger partial charge >= 0.3 is 0 Å². The highest BCUT2D eigenvalue weighted by molar-refractivity contribution is 7.89. The van der Waals surface area contributed by atoms with E-state index in [4.69, 9.17) is 9.47 Å². The molecule has 1 amide bonds. The van der Waals surface area contributed by atoms with Crippen LogP contribution >= 0.6 is 0 Å². The van der Waals surface area contributed by atoms with E-state index in [1.165, 1.54) is 4.31 Å². The molecule has 1 aliphatic heterocycles. The summed E-state index contributed by atoms with van der Waals surface area (Å²) < 4.78 is 37.3. The van der Waals surface area contributed by atoms with Gasteiger partial charge in [-0.05, 0) is 57.2 Å². The number of amides is 1. The zero-order valence-corrected chi connectivity index (χ0v) is 18.6. The van der Waals surface area contributed by atoms with Crippen LogP contribution in [-0.4, -0.2) is 57.2 Å². The first kappa shape index (κ1) is 23.5. The van der Waals surface area contributed by atoms with Crippen LogP contribution in [0.25, 0.3) is 0 Å². The Labute approximate surface area is 174 Å². The normalized spacial score (nSPS) is 17.7. The van der Waals surface area contributed by atoms with Crippen LogP contribution in [0.3, 0.4) is 0 Å². The number of hydrogen-bond donors (Lipinski definition) is 1. The Kier molecular flexibility index (Phi) is 9.23.